The topological polar surface area (TPSA) is 33.1 Å². The zero-order valence-electron chi connectivity index (χ0n) is 16.0. The molecule has 2 atom stereocenters. The number of pyridine rings is 1. The van der Waals surface area contributed by atoms with Gasteiger partial charge < -0.3 is 14.8 Å². The zero-order valence-corrected chi connectivity index (χ0v) is 17.6. The lowest BCUT2D eigenvalue weighted by atomic mass is 9.99. The minimum Gasteiger partial charge on any atom is -0.352 e. The molecule has 1 aromatic carbocycles. The molecule has 1 aliphatic heterocycles. The second-order valence-electron chi connectivity index (χ2n) is 7.76. The molecule has 6 heteroatoms. The van der Waals surface area contributed by atoms with E-state index in [1.807, 2.05) is 36.5 Å². The molecule has 1 saturated heterocycles. The second kappa shape index (κ2) is 7.81. The molecule has 0 spiro atoms. The van der Waals surface area contributed by atoms with Crippen molar-refractivity contribution in [1.29, 1.82) is 0 Å². The summed E-state index contributed by atoms with van der Waals surface area (Å²) in [7, 11) is 0. The summed E-state index contributed by atoms with van der Waals surface area (Å²) in [5.74, 6) is 0. The van der Waals surface area contributed by atoms with E-state index in [9.17, 15) is 0 Å². The summed E-state index contributed by atoms with van der Waals surface area (Å²) < 4.78 is 2.23. The van der Waals surface area contributed by atoms with Gasteiger partial charge in [0.15, 0.2) is 5.11 Å². The highest BCUT2D eigenvalue weighted by Crippen LogP contribution is 2.43. The van der Waals surface area contributed by atoms with Crippen LogP contribution in [0.5, 0.6) is 0 Å². The molecule has 0 unspecified atom stereocenters. The summed E-state index contributed by atoms with van der Waals surface area (Å²) in [5.41, 5.74) is 3.27. The van der Waals surface area contributed by atoms with Crippen LogP contribution in [0.15, 0.2) is 67.0 Å². The average molecular weight is 423 g/mol. The number of nitrogens with one attached hydrogen (secondary N) is 1. The van der Waals surface area contributed by atoms with Gasteiger partial charge in [-0.2, -0.15) is 0 Å². The molecular weight excluding hydrogens is 400 g/mol. The quantitative estimate of drug-likeness (QED) is 0.567. The van der Waals surface area contributed by atoms with Gasteiger partial charge >= 0.3 is 0 Å². The number of thiocarbonyl (C=S) groups is 1. The molecule has 2 fully saturated rings. The SMILES string of the molecule is S=C1N[C@H](c2ccccn2)[C@H](c2cccn2-c2cccc(Cl)c2)N1C1CCCC1. The normalized spacial score (nSPS) is 22.2. The molecule has 4 nitrogen and oxygen atoms in total. The van der Waals surface area contributed by atoms with Crippen LogP contribution < -0.4 is 5.32 Å². The van der Waals surface area contributed by atoms with Crippen LogP contribution in [0.1, 0.15) is 49.2 Å². The van der Waals surface area contributed by atoms with E-state index in [0.29, 0.717) is 6.04 Å². The number of rotatable bonds is 4. The standard InChI is InChI=1S/C23H23ClN4S/c24-16-7-5-10-18(15-16)27-14-6-12-20(27)22-21(19-11-3-4-13-25-19)26-23(29)28(22)17-8-1-2-9-17/h3-7,10-15,17,21-22H,1-2,8-9H2,(H,26,29)/t21-,22+/m1/s1. The van der Waals surface area contributed by atoms with E-state index in [-0.39, 0.29) is 12.1 Å². The van der Waals surface area contributed by atoms with E-state index in [1.165, 1.54) is 31.4 Å². The Labute approximate surface area is 181 Å². The van der Waals surface area contributed by atoms with Crippen molar-refractivity contribution < 1.29 is 0 Å². The van der Waals surface area contributed by atoms with Gasteiger partial charge in [0.1, 0.15) is 0 Å². The third kappa shape index (κ3) is 3.43. The predicted octanol–water partition coefficient (Wildman–Crippen LogP) is 5.44. The number of hydrogen-bond acceptors (Lipinski definition) is 2. The summed E-state index contributed by atoms with van der Waals surface area (Å²) in [5, 5.41) is 5.14. The molecule has 148 valence electrons. The first kappa shape index (κ1) is 18.6. The van der Waals surface area contributed by atoms with E-state index < -0.39 is 0 Å². The van der Waals surface area contributed by atoms with Crippen molar-refractivity contribution in [3.63, 3.8) is 0 Å². The predicted molar refractivity (Wildman–Crippen MR) is 120 cm³/mol. The van der Waals surface area contributed by atoms with Gasteiger partial charge in [-0.1, -0.05) is 36.6 Å². The summed E-state index contributed by atoms with van der Waals surface area (Å²) >= 11 is 12.1. The first-order valence-electron chi connectivity index (χ1n) is 10.2. The van der Waals surface area contributed by atoms with Gasteiger partial charge in [-0.05, 0) is 67.5 Å². The van der Waals surface area contributed by atoms with Gasteiger partial charge in [-0.3, -0.25) is 4.98 Å². The fraction of sp³-hybridized carbons (Fsp3) is 0.304. The number of nitrogens with zero attached hydrogens (tertiary/aromatic N) is 3. The van der Waals surface area contributed by atoms with Crippen LogP contribution in [0.3, 0.4) is 0 Å². The smallest absolute Gasteiger partial charge is 0.170 e. The Bertz CT molecular complexity index is 1010. The monoisotopic (exact) mass is 422 g/mol. The maximum absolute atomic E-state index is 6.29. The molecule has 3 heterocycles. The fourth-order valence-electron chi connectivity index (χ4n) is 4.75. The lowest BCUT2D eigenvalue weighted by Crippen LogP contribution is -2.38. The fourth-order valence-corrected chi connectivity index (χ4v) is 5.33. The van der Waals surface area contributed by atoms with Gasteiger partial charge in [-0.25, -0.2) is 0 Å². The van der Waals surface area contributed by atoms with Crippen LogP contribution in [0.4, 0.5) is 0 Å². The molecule has 2 aromatic heterocycles. The molecule has 1 saturated carbocycles. The Hall–Kier alpha value is -2.37. The third-order valence-corrected chi connectivity index (χ3v) is 6.59. The van der Waals surface area contributed by atoms with E-state index in [2.05, 4.69) is 50.2 Å². The van der Waals surface area contributed by atoms with Gasteiger partial charge in [0.2, 0.25) is 0 Å². The van der Waals surface area contributed by atoms with E-state index in [1.54, 1.807) is 0 Å². The van der Waals surface area contributed by atoms with Crippen molar-refractivity contribution in [3.8, 4) is 5.69 Å². The molecule has 5 rings (SSSR count). The van der Waals surface area contributed by atoms with Gasteiger partial charge in [0, 0.05) is 34.8 Å². The Morgan fingerprint density at radius 2 is 1.90 bits per heavy atom. The maximum Gasteiger partial charge on any atom is 0.170 e. The van der Waals surface area contributed by atoms with Crippen molar-refractivity contribution in [2.75, 3.05) is 0 Å². The van der Waals surface area contributed by atoms with Crippen LogP contribution >= 0.6 is 23.8 Å². The summed E-state index contributed by atoms with van der Waals surface area (Å²) in [6.07, 6.45) is 8.85. The van der Waals surface area contributed by atoms with Crippen molar-refractivity contribution in [2.45, 2.75) is 43.8 Å². The van der Waals surface area contributed by atoms with Gasteiger partial charge in [0.05, 0.1) is 17.8 Å². The largest absolute Gasteiger partial charge is 0.352 e. The van der Waals surface area contributed by atoms with Crippen LogP contribution in [-0.4, -0.2) is 25.6 Å². The lowest BCUT2D eigenvalue weighted by molar-refractivity contribution is 0.239. The molecule has 1 N–H and O–H groups in total. The molecule has 0 bridgehead atoms. The molecule has 0 amide bonds. The molecule has 29 heavy (non-hydrogen) atoms. The molecule has 1 aliphatic carbocycles. The molecule has 0 radical (unpaired) electrons. The highest BCUT2D eigenvalue weighted by Gasteiger charge is 2.44. The minimum atomic E-state index is 0.0112. The van der Waals surface area contributed by atoms with Crippen molar-refractivity contribution in [1.82, 2.24) is 19.8 Å². The number of aromatic nitrogens is 2. The lowest BCUT2D eigenvalue weighted by Gasteiger charge is -2.33. The second-order valence-corrected chi connectivity index (χ2v) is 8.58. The van der Waals surface area contributed by atoms with Crippen molar-refractivity contribution in [2.24, 2.45) is 0 Å². The highest BCUT2D eigenvalue weighted by atomic mass is 35.5. The highest BCUT2D eigenvalue weighted by molar-refractivity contribution is 7.80. The van der Waals surface area contributed by atoms with Crippen LogP contribution in [0.2, 0.25) is 5.02 Å². The Kier molecular flexibility index (Phi) is 5.02. The Balaban J connectivity index is 1.62. The van der Waals surface area contributed by atoms with Crippen LogP contribution in [0.25, 0.3) is 5.69 Å². The van der Waals surface area contributed by atoms with Crippen molar-refractivity contribution >= 4 is 28.9 Å². The van der Waals surface area contributed by atoms with E-state index in [4.69, 9.17) is 23.8 Å². The zero-order chi connectivity index (χ0) is 19.8. The summed E-state index contributed by atoms with van der Waals surface area (Å²) in [6.45, 7) is 0. The maximum atomic E-state index is 6.29. The third-order valence-electron chi connectivity index (χ3n) is 6.02. The van der Waals surface area contributed by atoms with Gasteiger partial charge in [0.25, 0.3) is 0 Å². The molecule has 2 aliphatic rings. The summed E-state index contributed by atoms with van der Waals surface area (Å²) in [6, 6.07) is 18.9. The van der Waals surface area contributed by atoms with E-state index >= 15 is 0 Å². The first-order chi connectivity index (χ1) is 14.2. The molecular formula is C23H23ClN4S. The van der Waals surface area contributed by atoms with Crippen LogP contribution in [0, 0.1) is 0 Å². The Morgan fingerprint density at radius 1 is 1.03 bits per heavy atom. The number of halogens is 1. The average Bonchev–Trinajstić information content (AvgIpc) is 3.48. The van der Waals surface area contributed by atoms with Crippen LogP contribution in [-0.2, 0) is 0 Å². The Morgan fingerprint density at radius 3 is 2.66 bits per heavy atom. The summed E-state index contributed by atoms with van der Waals surface area (Å²) in [4.78, 5) is 7.08. The molecule has 3 aromatic rings. The van der Waals surface area contributed by atoms with Gasteiger partial charge in [-0.15, -0.1) is 0 Å². The number of benzene rings is 1. The minimum absolute atomic E-state index is 0.0112. The van der Waals surface area contributed by atoms with Crippen molar-refractivity contribution in [3.05, 3.63) is 83.4 Å². The first-order valence-corrected chi connectivity index (χ1v) is 10.9. The number of hydrogen-bond donors (Lipinski definition) is 1. The van der Waals surface area contributed by atoms with E-state index in [0.717, 1.165) is 21.5 Å².